The maximum atomic E-state index is 11.5. The Morgan fingerprint density at radius 1 is 1.39 bits per heavy atom. The highest BCUT2D eigenvalue weighted by atomic mass is 32.1. The van der Waals surface area contributed by atoms with Crippen LogP contribution in [0.1, 0.15) is 0 Å². The van der Waals surface area contributed by atoms with Crippen LogP contribution < -0.4 is 11.4 Å². The molecule has 0 spiro atoms. The van der Waals surface area contributed by atoms with Gasteiger partial charge in [-0.1, -0.05) is 0 Å². The highest BCUT2D eigenvalue weighted by molar-refractivity contribution is 7.80. The molecule has 0 aliphatic carbocycles. The number of aromatic amines is 1. The molecule has 92 valence electrons. The van der Waals surface area contributed by atoms with Crippen molar-refractivity contribution < 1.29 is 4.92 Å². The number of nitro groups is 1. The van der Waals surface area contributed by atoms with Crippen molar-refractivity contribution in [3.63, 3.8) is 0 Å². The summed E-state index contributed by atoms with van der Waals surface area (Å²) in [5.41, 5.74) is 6.01. The van der Waals surface area contributed by atoms with Gasteiger partial charge in [-0.2, -0.15) is 0 Å². The van der Waals surface area contributed by atoms with Gasteiger partial charge >= 0.3 is 5.69 Å². The van der Waals surface area contributed by atoms with E-state index in [0.29, 0.717) is 11.3 Å². The quantitative estimate of drug-likeness (QED) is 0.475. The van der Waals surface area contributed by atoms with Gasteiger partial charge in [-0.25, -0.2) is 9.36 Å². The van der Waals surface area contributed by atoms with Gasteiger partial charge in [0.05, 0.1) is 10.6 Å². The first kappa shape index (κ1) is 12.0. The minimum Gasteiger partial charge on any atom is -0.375 e. The van der Waals surface area contributed by atoms with Crippen molar-refractivity contribution in [2.75, 3.05) is 0 Å². The standard InChI is InChI=1S/C10H8N4O3S/c11-9(18)13-5-8(12-10(13)15)6-1-3-7(4-2-6)14(16)17/h1-5H,(H2,11,18)(H,12,15). The third kappa shape index (κ3) is 2.13. The number of benzene rings is 1. The minimum absolute atomic E-state index is 0.0186. The Kier molecular flexibility index (Phi) is 2.94. The van der Waals surface area contributed by atoms with Crippen molar-refractivity contribution in [1.29, 1.82) is 0 Å². The van der Waals surface area contributed by atoms with Gasteiger partial charge in [0, 0.05) is 23.9 Å². The summed E-state index contributed by atoms with van der Waals surface area (Å²) in [6.07, 6.45) is 1.45. The Balaban J connectivity index is 2.43. The maximum Gasteiger partial charge on any atom is 0.332 e. The minimum atomic E-state index is -0.493. The van der Waals surface area contributed by atoms with Gasteiger partial charge in [-0.15, -0.1) is 0 Å². The molecule has 0 saturated heterocycles. The predicted molar refractivity (Wildman–Crippen MR) is 69.3 cm³/mol. The lowest BCUT2D eigenvalue weighted by molar-refractivity contribution is -0.384. The van der Waals surface area contributed by atoms with Crippen LogP contribution in [0, 0.1) is 10.1 Å². The Morgan fingerprint density at radius 2 is 2.00 bits per heavy atom. The van der Waals surface area contributed by atoms with E-state index in [1.165, 1.54) is 30.5 Å². The maximum absolute atomic E-state index is 11.5. The van der Waals surface area contributed by atoms with E-state index in [4.69, 9.17) is 18.0 Å². The molecule has 2 rings (SSSR count). The second kappa shape index (κ2) is 4.41. The number of aromatic nitrogens is 2. The first-order chi connectivity index (χ1) is 8.49. The van der Waals surface area contributed by atoms with Crippen LogP contribution in [-0.4, -0.2) is 19.6 Å². The zero-order chi connectivity index (χ0) is 13.3. The topological polar surface area (TPSA) is 107 Å². The number of hydrogen-bond acceptors (Lipinski definition) is 4. The average molecular weight is 264 g/mol. The number of rotatable bonds is 2. The van der Waals surface area contributed by atoms with Crippen LogP contribution in [-0.2, 0) is 0 Å². The first-order valence-corrected chi connectivity index (χ1v) is 5.26. The number of thiocarbonyl (C=S) groups is 1. The summed E-state index contributed by atoms with van der Waals surface area (Å²) < 4.78 is 1.09. The predicted octanol–water partition coefficient (Wildman–Crippen LogP) is 0.843. The molecule has 0 unspecified atom stereocenters. The summed E-state index contributed by atoms with van der Waals surface area (Å²) in [5, 5.41) is 10.4. The molecule has 0 atom stereocenters. The second-order valence-electron chi connectivity index (χ2n) is 3.49. The van der Waals surface area contributed by atoms with E-state index in [1.54, 1.807) is 0 Å². The normalized spacial score (nSPS) is 10.2. The Morgan fingerprint density at radius 3 is 2.44 bits per heavy atom. The zero-order valence-corrected chi connectivity index (χ0v) is 9.81. The number of hydrogen-bond donors (Lipinski definition) is 2. The molecular formula is C10H8N4O3S. The van der Waals surface area contributed by atoms with Crippen molar-refractivity contribution >= 4 is 23.0 Å². The molecule has 1 aromatic heterocycles. The average Bonchev–Trinajstić information content (AvgIpc) is 2.71. The van der Waals surface area contributed by atoms with E-state index in [9.17, 15) is 14.9 Å². The van der Waals surface area contributed by atoms with E-state index in [1.807, 2.05) is 0 Å². The van der Waals surface area contributed by atoms with Crippen LogP contribution in [0.5, 0.6) is 0 Å². The van der Waals surface area contributed by atoms with Crippen LogP contribution in [0.3, 0.4) is 0 Å². The first-order valence-electron chi connectivity index (χ1n) is 4.85. The number of nitrogens with two attached hydrogens (primary N) is 1. The molecule has 0 amide bonds. The third-order valence-electron chi connectivity index (χ3n) is 2.35. The summed E-state index contributed by atoms with van der Waals surface area (Å²) in [4.78, 5) is 24.0. The Hall–Kier alpha value is -2.48. The summed E-state index contributed by atoms with van der Waals surface area (Å²) in [5.74, 6) is 0. The lowest BCUT2D eigenvalue weighted by atomic mass is 10.1. The fraction of sp³-hybridized carbons (Fsp3) is 0. The molecule has 2 aromatic rings. The largest absolute Gasteiger partial charge is 0.375 e. The van der Waals surface area contributed by atoms with Gasteiger partial charge in [0.15, 0.2) is 5.11 Å². The highest BCUT2D eigenvalue weighted by Gasteiger charge is 2.09. The van der Waals surface area contributed by atoms with E-state index in [2.05, 4.69) is 4.98 Å². The number of imidazole rings is 1. The fourth-order valence-electron chi connectivity index (χ4n) is 1.47. The molecule has 0 aliphatic heterocycles. The molecule has 18 heavy (non-hydrogen) atoms. The number of H-pyrrole nitrogens is 1. The van der Waals surface area contributed by atoms with Gasteiger partial charge in [0.1, 0.15) is 0 Å². The van der Waals surface area contributed by atoms with Crippen molar-refractivity contribution in [2.24, 2.45) is 5.73 Å². The molecule has 0 aliphatic rings. The molecule has 0 saturated carbocycles. The van der Waals surface area contributed by atoms with Crippen molar-refractivity contribution in [3.05, 3.63) is 51.1 Å². The van der Waals surface area contributed by atoms with Crippen molar-refractivity contribution in [2.45, 2.75) is 0 Å². The monoisotopic (exact) mass is 264 g/mol. The SMILES string of the molecule is NC(=S)n1cc(-c2ccc([N+](=O)[O-])cc2)[nH]c1=O. The number of nitro benzene ring substituents is 1. The Labute approximate surface area is 106 Å². The van der Waals surface area contributed by atoms with Gasteiger partial charge in [-0.05, 0) is 24.4 Å². The Bertz CT molecular complexity index is 671. The van der Waals surface area contributed by atoms with Gasteiger partial charge in [-0.3, -0.25) is 10.1 Å². The molecular weight excluding hydrogens is 256 g/mol. The van der Waals surface area contributed by atoms with Crippen molar-refractivity contribution in [1.82, 2.24) is 9.55 Å². The lowest BCUT2D eigenvalue weighted by Gasteiger charge is -1.96. The molecule has 1 aromatic carbocycles. The van der Waals surface area contributed by atoms with E-state index >= 15 is 0 Å². The summed E-state index contributed by atoms with van der Waals surface area (Å²) in [6.45, 7) is 0. The van der Waals surface area contributed by atoms with Gasteiger partial charge < -0.3 is 10.7 Å². The number of nitrogens with zero attached hydrogens (tertiary/aromatic N) is 2. The fourth-order valence-corrected chi connectivity index (χ4v) is 1.60. The van der Waals surface area contributed by atoms with Gasteiger partial charge in [0.25, 0.3) is 5.69 Å². The second-order valence-corrected chi connectivity index (χ2v) is 3.90. The smallest absolute Gasteiger partial charge is 0.332 e. The highest BCUT2D eigenvalue weighted by Crippen LogP contribution is 2.19. The summed E-state index contributed by atoms with van der Waals surface area (Å²) >= 11 is 4.70. The van der Waals surface area contributed by atoms with Crippen LogP contribution in [0.4, 0.5) is 5.69 Å². The number of non-ortho nitro benzene ring substituents is 1. The molecule has 3 N–H and O–H groups in total. The molecule has 0 radical (unpaired) electrons. The van der Waals surface area contributed by atoms with Crippen LogP contribution in [0.25, 0.3) is 11.3 Å². The molecule has 1 heterocycles. The van der Waals surface area contributed by atoms with Crippen molar-refractivity contribution in [3.8, 4) is 11.3 Å². The summed E-state index contributed by atoms with van der Waals surface area (Å²) in [6, 6.07) is 5.78. The molecule has 0 fully saturated rings. The molecule has 8 heteroatoms. The third-order valence-corrected chi connectivity index (χ3v) is 2.54. The van der Waals surface area contributed by atoms with Crippen LogP contribution in [0.15, 0.2) is 35.3 Å². The van der Waals surface area contributed by atoms with Crippen LogP contribution in [0.2, 0.25) is 0 Å². The van der Waals surface area contributed by atoms with Gasteiger partial charge in [0.2, 0.25) is 0 Å². The summed E-state index contributed by atoms with van der Waals surface area (Å²) in [7, 11) is 0. The number of nitrogens with one attached hydrogen (secondary N) is 1. The van der Waals surface area contributed by atoms with E-state index in [-0.39, 0.29) is 10.8 Å². The lowest BCUT2D eigenvalue weighted by Crippen LogP contribution is -2.28. The molecule has 7 nitrogen and oxygen atoms in total. The van der Waals surface area contributed by atoms with E-state index in [0.717, 1.165) is 4.57 Å². The molecule has 0 bridgehead atoms. The zero-order valence-electron chi connectivity index (χ0n) is 8.99. The van der Waals surface area contributed by atoms with Crippen LogP contribution >= 0.6 is 12.2 Å². The van der Waals surface area contributed by atoms with E-state index < -0.39 is 10.6 Å².